The molecular weight excluding hydrogens is 335 g/mol. The molecule has 0 saturated heterocycles. The van der Waals surface area contributed by atoms with Gasteiger partial charge in [-0.05, 0) is 0 Å². The third-order valence-corrected chi connectivity index (χ3v) is 6.94. The maximum absolute atomic E-state index is 2.34. The van der Waals surface area contributed by atoms with Crippen LogP contribution in [-0.2, 0) is 0 Å². The average Bonchev–Trinajstić information content (AvgIpc) is 2.42. The van der Waals surface area contributed by atoms with E-state index in [9.17, 15) is 0 Å². The number of unbranched alkanes of at least 4 members (excludes halogenated alkanes) is 3. The molecule has 1 heteroatoms. The summed E-state index contributed by atoms with van der Waals surface area (Å²) in [6.07, 6.45) is 17.0. The number of hydrogen-bond acceptors (Lipinski definition) is 0. The van der Waals surface area contributed by atoms with Crippen LogP contribution in [0, 0.1) is 0 Å². The molecule has 0 N–H and O–H groups in total. The molecule has 19 heavy (non-hydrogen) atoms. The van der Waals surface area contributed by atoms with Gasteiger partial charge in [0.25, 0.3) is 0 Å². The molecule has 109 valence electrons. The fourth-order valence-corrected chi connectivity index (χ4v) is 5.30. The van der Waals surface area contributed by atoms with E-state index in [2.05, 4.69) is 20.8 Å². The summed E-state index contributed by atoms with van der Waals surface area (Å²) < 4.78 is 0.638. The number of hydrogen-bond donors (Lipinski definition) is 0. The minimum atomic E-state index is 0.638. The first-order valence-corrected chi connectivity index (χ1v) is 10.1. The van der Waals surface area contributed by atoms with Crippen molar-refractivity contribution in [3.05, 3.63) is 11.1 Å². The molecule has 0 aromatic heterocycles. The second kappa shape index (κ2) is 9.47. The van der Waals surface area contributed by atoms with Crippen molar-refractivity contribution in [2.75, 3.05) is 0 Å². The van der Waals surface area contributed by atoms with Gasteiger partial charge < -0.3 is 0 Å². The summed E-state index contributed by atoms with van der Waals surface area (Å²) >= 11 is 1.80. The first kappa shape index (κ1) is 17.6. The molecule has 0 bridgehead atoms. The summed E-state index contributed by atoms with van der Waals surface area (Å²) in [5.41, 5.74) is 3.81. The summed E-state index contributed by atoms with van der Waals surface area (Å²) in [6.45, 7) is 7.01. The molecule has 1 rings (SSSR count). The predicted octanol–water partition coefficient (Wildman–Crippen LogP) is 6.36. The van der Waals surface area contributed by atoms with Crippen LogP contribution in [0.3, 0.4) is 0 Å². The summed E-state index contributed by atoms with van der Waals surface area (Å²) in [5, 5.41) is 0. The number of allylic oxidation sites excluding steroid dienone is 2. The Morgan fingerprint density at radius 3 is 2.21 bits per heavy atom. The van der Waals surface area contributed by atoms with Gasteiger partial charge >= 0.3 is 135 Å². The van der Waals surface area contributed by atoms with Crippen LogP contribution in [-0.4, -0.2) is 22.5 Å². The summed E-state index contributed by atoms with van der Waals surface area (Å²) in [5.74, 6) is 0. The van der Waals surface area contributed by atoms with E-state index in [-0.39, 0.29) is 0 Å². The van der Waals surface area contributed by atoms with E-state index in [4.69, 9.17) is 0 Å². The minimum absolute atomic E-state index is 0.638. The molecule has 3 radical (unpaired) electrons. The number of rotatable bonds is 9. The van der Waals surface area contributed by atoms with Gasteiger partial charge in [0.15, 0.2) is 0 Å². The maximum atomic E-state index is 2.34. The Kier molecular flexibility index (Phi) is 8.77. The van der Waals surface area contributed by atoms with Gasteiger partial charge in [-0.3, -0.25) is 0 Å². The molecule has 0 heterocycles. The third kappa shape index (κ3) is 5.44. The summed E-state index contributed by atoms with van der Waals surface area (Å²) in [7, 11) is 0. The molecule has 1 unspecified atom stereocenters. The third-order valence-electron chi connectivity index (χ3n) is 4.66. The van der Waals surface area contributed by atoms with Crippen molar-refractivity contribution in [3.8, 4) is 0 Å². The van der Waals surface area contributed by atoms with Crippen LogP contribution in [0.5, 0.6) is 0 Å². The van der Waals surface area contributed by atoms with Crippen molar-refractivity contribution in [1.29, 1.82) is 0 Å². The second-order valence-electron chi connectivity index (χ2n) is 6.33. The van der Waals surface area contributed by atoms with Gasteiger partial charge in [0, 0.05) is 0 Å². The molecule has 0 aliphatic heterocycles. The SMILES string of the molecule is CCCCC1=C(CCCC)[C]([Sn])(CCCC)CCC1. The van der Waals surface area contributed by atoms with Crippen molar-refractivity contribution in [2.45, 2.75) is 101 Å². The molecule has 0 aromatic rings. The zero-order chi connectivity index (χ0) is 14.1. The van der Waals surface area contributed by atoms with Crippen LogP contribution in [0.2, 0.25) is 3.43 Å². The zero-order valence-corrected chi connectivity index (χ0v) is 16.3. The van der Waals surface area contributed by atoms with Crippen molar-refractivity contribution in [3.63, 3.8) is 0 Å². The quantitative estimate of drug-likeness (QED) is 0.328. The zero-order valence-electron chi connectivity index (χ0n) is 13.5. The standard InChI is InChI=1S/C18H33.Sn/c1-4-7-11-16-13-10-14-17(12-8-5-2)18(16)15-9-6-3;/h4-15H2,1-3H3;. The fourth-order valence-electron chi connectivity index (χ4n) is 3.43. The Morgan fingerprint density at radius 2 is 1.58 bits per heavy atom. The topological polar surface area (TPSA) is 0 Å². The molecule has 0 nitrogen and oxygen atoms in total. The van der Waals surface area contributed by atoms with Crippen LogP contribution in [0.25, 0.3) is 0 Å². The van der Waals surface area contributed by atoms with Crippen LogP contribution in [0.1, 0.15) is 97.8 Å². The molecule has 1 aliphatic carbocycles. The normalized spacial score (nSPS) is 24.0. The monoisotopic (exact) mass is 369 g/mol. The van der Waals surface area contributed by atoms with Crippen molar-refractivity contribution in [2.24, 2.45) is 0 Å². The van der Waals surface area contributed by atoms with Gasteiger partial charge in [-0.25, -0.2) is 0 Å². The van der Waals surface area contributed by atoms with E-state index in [0.29, 0.717) is 3.43 Å². The van der Waals surface area contributed by atoms with Crippen LogP contribution in [0.4, 0.5) is 0 Å². The van der Waals surface area contributed by atoms with E-state index in [1.54, 1.807) is 22.5 Å². The fraction of sp³-hybridized carbons (Fsp3) is 0.889. The van der Waals surface area contributed by atoms with Gasteiger partial charge in [0.2, 0.25) is 0 Å². The molecule has 0 aromatic carbocycles. The van der Waals surface area contributed by atoms with E-state index < -0.39 is 0 Å². The van der Waals surface area contributed by atoms with Gasteiger partial charge in [-0.1, -0.05) is 0 Å². The molecule has 1 aliphatic rings. The van der Waals surface area contributed by atoms with Crippen LogP contribution >= 0.6 is 0 Å². The average molecular weight is 368 g/mol. The van der Waals surface area contributed by atoms with Crippen molar-refractivity contribution < 1.29 is 0 Å². The Bertz CT molecular complexity index is 279. The van der Waals surface area contributed by atoms with E-state index in [1.165, 1.54) is 77.0 Å². The van der Waals surface area contributed by atoms with Crippen LogP contribution < -0.4 is 0 Å². The van der Waals surface area contributed by atoms with Gasteiger partial charge in [-0.15, -0.1) is 0 Å². The molecule has 0 saturated carbocycles. The van der Waals surface area contributed by atoms with Crippen molar-refractivity contribution >= 4 is 22.5 Å². The Hall–Kier alpha value is 0.539. The summed E-state index contributed by atoms with van der Waals surface area (Å²) in [4.78, 5) is 0. The Labute approximate surface area is 134 Å². The predicted molar refractivity (Wildman–Crippen MR) is 87.9 cm³/mol. The van der Waals surface area contributed by atoms with Gasteiger partial charge in [-0.2, -0.15) is 0 Å². The first-order valence-electron chi connectivity index (χ1n) is 8.64. The first-order chi connectivity index (χ1) is 9.18. The van der Waals surface area contributed by atoms with Gasteiger partial charge in [0.1, 0.15) is 0 Å². The molecule has 1 atom stereocenters. The second-order valence-corrected chi connectivity index (χ2v) is 9.06. The van der Waals surface area contributed by atoms with E-state index in [1.807, 2.05) is 11.1 Å². The molecular formula is C18H33Sn. The molecule has 0 amide bonds. The van der Waals surface area contributed by atoms with E-state index >= 15 is 0 Å². The Balaban J connectivity index is 2.86. The summed E-state index contributed by atoms with van der Waals surface area (Å²) in [6, 6.07) is 0. The Morgan fingerprint density at radius 1 is 0.947 bits per heavy atom. The molecule has 0 fully saturated rings. The van der Waals surface area contributed by atoms with Gasteiger partial charge in [0.05, 0.1) is 0 Å². The molecule has 0 spiro atoms. The van der Waals surface area contributed by atoms with E-state index in [0.717, 1.165) is 0 Å². The van der Waals surface area contributed by atoms with Crippen molar-refractivity contribution in [1.82, 2.24) is 0 Å². The van der Waals surface area contributed by atoms with Crippen LogP contribution in [0.15, 0.2) is 11.1 Å².